The molecule has 0 saturated carbocycles. The number of imidazole rings is 1. The molecule has 0 N–H and O–H groups in total. The predicted octanol–water partition coefficient (Wildman–Crippen LogP) is 1.97. The summed E-state index contributed by atoms with van der Waals surface area (Å²) in [6, 6.07) is 7.73. The summed E-state index contributed by atoms with van der Waals surface area (Å²) in [6.07, 6.45) is 6.22. The lowest BCUT2D eigenvalue weighted by Crippen LogP contribution is -2.33. The molecule has 1 aliphatic heterocycles. The number of halogens is 1. The Bertz CT molecular complexity index is 887. The molecule has 0 saturated heterocycles. The Morgan fingerprint density at radius 2 is 2.12 bits per heavy atom. The average Bonchev–Trinajstić information content (AvgIpc) is 3.20. The SMILES string of the molecule is O=C(c1cccc(F)c1)N1CCc2ncc(Cn3cccn3)n2CC1. The fourth-order valence-electron chi connectivity index (χ4n) is 3.19. The largest absolute Gasteiger partial charge is 0.336 e. The fourth-order valence-corrected chi connectivity index (χ4v) is 3.19. The van der Waals surface area contributed by atoms with E-state index in [9.17, 15) is 9.18 Å². The molecule has 0 radical (unpaired) electrons. The Morgan fingerprint density at radius 3 is 2.92 bits per heavy atom. The lowest BCUT2D eigenvalue weighted by atomic mass is 10.2. The molecule has 0 fully saturated rings. The zero-order valence-electron chi connectivity index (χ0n) is 13.7. The van der Waals surface area contributed by atoms with Crippen LogP contribution in [-0.4, -0.2) is 43.2 Å². The van der Waals surface area contributed by atoms with E-state index in [1.165, 1.54) is 12.1 Å². The summed E-state index contributed by atoms with van der Waals surface area (Å²) >= 11 is 0. The van der Waals surface area contributed by atoms with Crippen molar-refractivity contribution in [3.05, 3.63) is 71.8 Å². The number of aromatic nitrogens is 4. The quantitative estimate of drug-likeness (QED) is 0.733. The number of rotatable bonds is 3. The minimum Gasteiger partial charge on any atom is -0.336 e. The van der Waals surface area contributed by atoms with Crippen molar-refractivity contribution in [1.29, 1.82) is 0 Å². The van der Waals surface area contributed by atoms with Gasteiger partial charge in [-0.05, 0) is 24.3 Å². The molecule has 25 heavy (non-hydrogen) atoms. The molecule has 3 heterocycles. The first-order valence-electron chi connectivity index (χ1n) is 8.26. The van der Waals surface area contributed by atoms with E-state index in [2.05, 4.69) is 14.6 Å². The van der Waals surface area contributed by atoms with Crippen LogP contribution in [-0.2, 0) is 19.5 Å². The zero-order chi connectivity index (χ0) is 17.2. The summed E-state index contributed by atoms with van der Waals surface area (Å²) in [5, 5.41) is 4.23. The highest BCUT2D eigenvalue weighted by molar-refractivity contribution is 5.94. The first-order valence-corrected chi connectivity index (χ1v) is 8.26. The second kappa shape index (κ2) is 6.51. The molecule has 0 bridgehead atoms. The highest BCUT2D eigenvalue weighted by Gasteiger charge is 2.22. The molecule has 4 rings (SSSR count). The average molecular weight is 339 g/mol. The number of hydrogen-bond donors (Lipinski definition) is 0. The minimum absolute atomic E-state index is 0.140. The zero-order valence-corrected chi connectivity index (χ0v) is 13.7. The molecular weight excluding hydrogens is 321 g/mol. The highest BCUT2D eigenvalue weighted by Crippen LogP contribution is 2.15. The molecule has 1 aliphatic rings. The van der Waals surface area contributed by atoms with Crippen LogP contribution in [0.1, 0.15) is 21.9 Å². The van der Waals surface area contributed by atoms with Crippen LogP contribution >= 0.6 is 0 Å². The second-order valence-corrected chi connectivity index (χ2v) is 6.07. The number of benzene rings is 1. The van der Waals surface area contributed by atoms with Crippen LogP contribution in [0, 0.1) is 5.82 Å². The molecule has 1 aromatic carbocycles. The van der Waals surface area contributed by atoms with E-state index >= 15 is 0 Å². The monoisotopic (exact) mass is 339 g/mol. The van der Waals surface area contributed by atoms with Crippen molar-refractivity contribution < 1.29 is 9.18 Å². The van der Waals surface area contributed by atoms with Crippen molar-refractivity contribution in [3.63, 3.8) is 0 Å². The normalized spacial score (nSPS) is 14.2. The van der Waals surface area contributed by atoms with Gasteiger partial charge in [-0.2, -0.15) is 5.10 Å². The van der Waals surface area contributed by atoms with E-state index in [0.717, 1.165) is 11.5 Å². The predicted molar refractivity (Wildman–Crippen MR) is 89.6 cm³/mol. The molecule has 0 aliphatic carbocycles. The number of hydrogen-bond acceptors (Lipinski definition) is 3. The fraction of sp³-hybridized carbons (Fsp3) is 0.278. The van der Waals surface area contributed by atoms with E-state index < -0.39 is 5.82 Å². The molecule has 3 aromatic rings. The molecule has 1 amide bonds. The van der Waals surface area contributed by atoms with Gasteiger partial charge in [0.25, 0.3) is 5.91 Å². The van der Waals surface area contributed by atoms with Crippen LogP contribution in [0.15, 0.2) is 48.9 Å². The summed E-state index contributed by atoms with van der Waals surface area (Å²) in [5.41, 5.74) is 1.45. The van der Waals surface area contributed by atoms with E-state index in [1.54, 1.807) is 23.2 Å². The van der Waals surface area contributed by atoms with Crippen molar-refractivity contribution in [2.24, 2.45) is 0 Å². The summed E-state index contributed by atoms with van der Waals surface area (Å²) < 4.78 is 17.4. The maximum atomic E-state index is 13.4. The van der Waals surface area contributed by atoms with Gasteiger partial charge < -0.3 is 9.47 Å². The van der Waals surface area contributed by atoms with Gasteiger partial charge >= 0.3 is 0 Å². The van der Waals surface area contributed by atoms with Crippen LogP contribution < -0.4 is 0 Å². The summed E-state index contributed by atoms with van der Waals surface area (Å²) in [7, 11) is 0. The van der Waals surface area contributed by atoms with Crippen LogP contribution in [0.3, 0.4) is 0 Å². The standard InChI is InChI=1S/C18H18FN5O/c19-15-4-1-3-14(11-15)18(25)22-8-5-17-20-12-16(24(17)10-9-22)13-23-7-2-6-21-23/h1-4,6-7,11-12H,5,8-10,13H2. The first kappa shape index (κ1) is 15.6. The van der Waals surface area contributed by atoms with Crippen LogP contribution in [0.4, 0.5) is 4.39 Å². The smallest absolute Gasteiger partial charge is 0.254 e. The van der Waals surface area contributed by atoms with E-state index in [-0.39, 0.29) is 5.91 Å². The molecule has 0 unspecified atom stereocenters. The maximum absolute atomic E-state index is 13.4. The first-order chi connectivity index (χ1) is 12.2. The summed E-state index contributed by atoms with van der Waals surface area (Å²) in [4.78, 5) is 18.9. The van der Waals surface area contributed by atoms with Crippen molar-refractivity contribution in [1.82, 2.24) is 24.2 Å². The Balaban J connectivity index is 1.50. The molecule has 2 aromatic heterocycles. The highest BCUT2D eigenvalue weighted by atomic mass is 19.1. The van der Waals surface area contributed by atoms with Crippen LogP contribution in [0.2, 0.25) is 0 Å². The molecule has 128 valence electrons. The van der Waals surface area contributed by atoms with Crippen molar-refractivity contribution in [2.75, 3.05) is 13.1 Å². The summed E-state index contributed by atoms with van der Waals surface area (Å²) in [5.74, 6) is 0.436. The second-order valence-electron chi connectivity index (χ2n) is 6.07. The number of carbonyl (C=O) groups excluding carboxylic acids is 1. The number of amides is 1. The topological polar surface area (TPSA) is 56.0 Å². The van der Waals surface area contributed by atoms with E-state index in [1.807, 2.05) is 23.1 Å². The van der Waals surface area contributed by atoms with E-state index in [4.69, 9.17) is 0 Å². The van der Waals surface area contributed by atoms with E-state index in [0.29, 0.717) is 38.2 Å². The maximum Gasteiger partial charge on any atom is 0.254 e. The van der Waals surface area contributed by atoms with Crippen molar-refractivity contribution in [3.8, 4) is 0 Å². The molecular formula is C18H18FN5O. The Hall–Kier alpha value is -2.96. The van der Waals surface area contributed by atoms with Gasteiger partial charge in [-0.1, -0.05) is 6.07 Å². The van der Waals surface area contributed by atoms with Gasteiger partial charge in [-0.3, -0.25) is 9.48 Å². The van der Waals surface area contributed by atoms with Gasteiger partial charge in [-0.25, -0.2) is 9.37 Å². The molecule has 6 nitrogen and oxygen atoms in total. The van der Waals surface area contributed by atoms with Gasteiger partial charge in [0, 0.05) is 44.0 Å². The third kappa shape index (κ3) is 3.17. The Kier molecular flexibility index (Phi) is 4.05. The lowest BCUT2D eigenvalue weighted by Gasteiger charge is -2.20. The third-order valence-corrected chi connectivity index (χ3v) is 4.46. The molecule has 0 atom stereocenters. The summed E-state index contributed by atoms with van der Waals surface area (Å²) in [6.45, 7) is 2.48. The Labute approximate surface area is 144 Å². The van der Waals surface area contributed by atoms with Crippen molar-refractivity contribution in [2.45, 2.75) is 19.5 Å². The van der Waals surface area contributed by atoms with Crippen LogP contribution in [0.25, 0.3) is 0 Å². The molecule has 0 spiro atoms. The lowest BCUT2D eigenvalue weighted by molar-refractivity contribution is 0.0758. The minimum atomic E-state index is -0.393. The molecule has 7 heteroatoms. The van der Waals surface area contributed by atoms with Gasteiger partial charge in [0.2, 0.25) is 0 Å². The number of fused-ring (bicyclic) bond motifs is 1. The number of carbonyl (C=O) groups is 1. The van der Waals surface area contributed by atoms with Gasteiger partial charge in [0.1, 0.15) is 11.6 Å². The Morgan fingerprint density at radius 1 is 1.20 bits per heavy atom. The van der Waals surface area contributed by atoms with Gasteiger partial charge in [0.05, 0.1) is 18.4 Å². The third-order valence-electron chi connectivity index (χ3n) is 4.46. The van der Waals surface area contributed by atoms with Gasteiger partial charge in [-0.15, -0.1) is 0 Å². The van der Waals surface area contributed by atoms with Gasteiger partial charge in [0.15, 0.2) is 0 Å². The van der Waals surface area contributed by atoms with Crippen molar-refractivity contribution >= 4 is 5.91 Å². The number of nitrogens with zero attached hydrogens (tertiary/aromatic N) is 5. The van der Waals surface area contributed by atoms with Crippen LogP contribution in [0.5, 0.6) is 0 Å².